The third kappa shape index (κ3) is 4.85. The Kier molecular flexibility index (Phi) is 6.90. The van der Waals surface area contributed by atoms with Gasteiger partial charge in [0.15, 0.2) is 0 Å². The molecule has 2 fully saturated rings. The van der Waals surface area contributed by atoms with Crippen LogP contribution in [0.5, 0.6) is 0 Å². The smallest absolute Gasteiger partial charge is 0.289 e. The van der Waals surface area contributed by atoms with Crippen LogP contribution in [0.25, 0.3) is 6.08 Å². The number of piperazine rings is 1. The fourth-order valence-corrected chi connectivity index (χ4v) is 5.64. The van der Waals surface area contributed by atoms with E-state index in [2.05, 4.69) is 9.97 Å². The summed E-state index contributed by atoms with van der Waals surface area (Å²) in [7, 11) is -3.58. The summed E-state index contributed by atoms with van der Waals surface area (Å²) < 4.78 is 27.2. The zero-order valence-electron chi connectivity index (χ0n) is 17.8. The van der Waals surface area contributed by atoms with Crippen LogP contribution in [-0.4, -0.2) is 72.9 Å². The molecular weight excluding hydrogens is 450 g/mol. The normalized spacial score (nSPS) is 19.8. The van der Waals surface area contributed by atoms with E-state index in [0.29, 0.717) is 37.0 Å². The molecule has 1 aromatic carbocycles. The van der Waals surface area contributed by atoms with E-state index >= 15 is 0 Å². The number of carbonyl (C=O) groups is 1. The molecule has 2 amide bonds. The van der Waals surface area contributed by atoms with E-state index in [1.807, 2.05) is 6.07 Å². The fourth-order valence-electron chi connectivity index (χ4n) is 4.34. The number of hydrogen-bond donors (Lipinski definition) is 0. The summed E-state index contributed by atoms with van der Waals surface area (Å²) in [5.74, 6) is 0.714. The number of sulfonamides is 1. The first kappa shape index (κ1) is 22.8. The predicted molar refractivity (Wildman–Crippen MR) is 125 cm³/mol. The van der Waals surface area contributed by atoms with E-state index < -0.39 is 10.0 Å². The van der Waals surface area contributed by atoms with Crippen molar-refractivity contribution in [3.63, 3.8) is 0 Å². The molecule has 0 radical (unpaired) electrons. The first-order valence-corrected chi connectivity index (χ1v) is 12.7. The highest BCUT2D eigenvalue weighted by Crippen LogP contribution is 2.29. The first-order chi connectivity index (χ1) is 15.4. The van der Waals surface area contributed by atoms with Crippen molar-refractivity contribution in [2.75, 3.05) is 39.3 Å². The molecule has 0 saturated carbocycles. The minimum atomic E-state index is -3.58. The number of piperidine rings is 1. The Bertz CT molecular complexity index is 1060. The molecule has 0 unspecified atom stereocenters. The molecule has 0 bridgehead atoms. The van der Waals surface area contributed by atoms with Gasteiger partial charge in [-0.1, -0.05) is 23.7 Å². The molecule has 0 N–H and O–H groups in total. The van der Waals surface area contributed by atoms with E-state index in [9.17, 15) is 13.2 Å². The van der Waals surface area contributed by atoms with Crippen molar-refractivity contribution in [2.24, 2.45) is 0 Å². The zero-order valence-corrected chi connectivity index (χ0v) is 19.4. The lowest BCUT2D eigenvalue weighted by Gasteiger charge is -2.42. The molecule has 2 aliphatic rings. The summed E-state index contributed by atoms with van der Waals surface area (Å²) in [6.45, 7) is 2.66. The van der Waals surface area contributed by atoms with Gasteiger partial charge in [-0.3, -0.25) is 4.90 Å². The topological polar surface area (TPSA) is 83.5 Å². The Morgan fingerprint density at radius 2 is 1.69 bits per heavy atom. The third-order valence-electron chi connectivity index (χ3n) is 6.12. The van der Waals surface area contributed by atoms with Crippen molar-refractivity contribution in [1.29, 1.82) is 0 Å². The molecule has 0 spiro atoms. The molecule has 2 aromatic rings. The number of hydrogen-bond acceptors (Lipinski definition) is 5. The molecule has 32 heavy (non-hydrogen) atoms. The van der Waals surface area contributed by atoms with Crippen LogP contribution in [0, 0.1) is 0 Å². The maximum atomic E-state index is 13.6. The average Bonchev–Trinajstić information content (AvgIpc) is 2.84. The largest absolute Gasteiger partial charge is 0.425 e. The van der Waals surface area contributed by atoms with Crippen molar-refractivity contribution in [3.05, 3.63) is 58.9 Å². The van der Waals surface area contributed by atoms with Gasteiger partial charge in [0, 0.05) is 48.9 Å². The van der Waals surface area contributed by atoms with Gasteiger partial charge < -0.3 is 0 Å². The highest BCUT2D eigenvalue weighted by Gasteiger charge is 2.45. The maximum absolute atomic E-state index is 13.6. The molecule has 3 heterocycles. The number of aromatic nitrogens is 2. The van der Waals surface area contributed by atoms with Crippen molar-refractivity contribution in [3.8, 4) is 0 Å². The first-order valence-electron chi connectivity index (χ1n) is 10.8. The van der Waals surface area contributed by atoms with E-state index in [-0.39, 0.29) is 23.6 Å². The van der Waals surface area contributed by atoms with Crippen LogP contribution >= 0.6 is 11.6 Å². The molecule has 170 valence electrons. The lowest BCUT2D eigenvalue weighted by molar-refractivity contribution is 0.126. The van der Waals surface area contributed by atoms with Crippen LogP contribution in [0.3, 0.4) is 0 Å². The van der Waals surface area contributed by atoms with Gasteiger partial charge in [0.25, 0.3) is 0 Å². The summed E-state index contributed by atoms with van der Waals surface area (Å²) in [4.78, 5) is 23.8. The second-order valence-corrected chi connectivity index (χ2v) is 10.4. The number of amides is 2. The minimum Gasteiger partial charge on any atom is -0.289 e. The number of benzene rings is 1. The Balaban J connectivity index is 1.44. The van der Waals surface area contributed by atoms with Crippen LogP contribution in [0.1, 0.15) is 24.8 Å². The van der Waals surface area contributed by atoms with Crippen molar-refractivity contribution >= 4 is 39.5 Å². The molecule has 0 atom stereocenters. The van der Waals surface area contributed by atoms with Gasteiger partial charge in [-0.15, -0.1) is 0 Å². The highest BCUT2D eigenvalue weighted by atomic mass is 35.5. The molecule has 1 aromatic heterocycles. The molecular formula is C22H27ClN5O3S+. The Morgan fingerprint density at radius 1 is 1.00 bits per heavy atom. The van der Waals surface area contributed by atoms with E-state index in [4.69, 9.17) is 11.6 Å². The Morgan fingerprint density at radius 3 is 2.31 bits per heavy atom. The molecule has 4 rings (SSSR count). The van der Waals surface area contributed by atoms with Crippen LogP contribution in [0.4, 0.5) is 10.6 Å². The predicted octanol–water partition coefficient (Wildman–Crippen LogP) is 3.36. The number of nitrogens with zero attached hydrogens (tertiary/aromatic N) is 5. The van der Waals surface area contributed by atoms with Gasteiger partial charge in [-0.2, -0.15) is 13.8 Å². The molecule has 0 aliphatic carbocycles. The van der Waals surface area contributed by atoms with E-state index in [0.717, 1.165) is 24.8 Å². The quantitative estimate of drug-likeness (QED) is 0.632. The average molecular weight is 477 g/mol. The third-order valence-corrected chi connectivity index (χ3v) is 7.94. The fraction of sp³-hybridized carbons (Fsp3) is 0.409. The number of likely N-dealkylation sites (tertiary alicyclic amines) is 1. The summed E-state index contributed by atoms with van der Waals surface area (Å²) >= 11 is 5.88. The lowest BCUT2D eigenvalue weighted by Crippen LogP contribution is -2.65. The monoisotopic (exact) mass is 476 g/mol. The van der Waals surface area contributed by atoms with Gasteiger partial charge in [-0.05, 0) is 43.0 Å². The summed E-state index contributed by atoms with van der Waals surface area (Å²) in [5.41, 5.74) is 0.758. The number of quaternary nitrogens is 1. The standard InChI is InChI=1S/C22H27ClN5O3S/c23-20-6-4-19(5-7-20)9-17-32(30,31)27-13-11-26(12-14-27)22(29)28(15-2-1-3-16-28)21-8-10-24-18-25-21/h4-10,17-18H,1-3,11-16H2/q+1. The minimum absolute atomic E-state index is 0.00263. The summed E-state index contributed by atoms with van der Waals surface area (Å²) in [6.07, 6.45) is 7.73. The van der Waals surface area contributed by atoms with Gasteiger partial charge >= 0.3 is 6.03 Å². The van der Waals surface area contributed by atoms with Crippen LogP contribution < -0.4 is 4.48 Å². The number of carbonyl (C=O) groups excluding carboxylic acids is 1. The van der Waals surface area contributed by atoms with Crippen molar-refractivity contribution < 1.29 is 13.2 Å². The van der Waals surface area contributed by atoms with Crippen LogP contribution in [-0.2, 0) is 10.0 Å². The second kappa shape index (κ2) is 9.66. The van der Waals surface area contributed by atoms with Gasteiger partial charge in [0.05, 0.1) is 13.1 Å². The molecule has 2 saturated heterocycles. The second-order valence-electron chi connectivity index (χ2n) is 8.11. The maximum Gasteiger partial charge on any atom is 0.425 e. The molecule has 2 aliphatic heterocycles. The van der Waals surface area contributed by atoms with Crippen molar-refractivity contribution in [1.82, 2.24) is 23.7 Å². The number of halogens is 1. The zero-order chi connectivity index (χ0) is 22.6. The number of urea groups is 1. The SMILES string of the molecule is O=C(N1CCN(S(=O)(=O)C=Cc2ccc(Cl)cc2)CC1)[N+]1(c2ccncn2)CCCCC1. The van der Waals surface area contributed by atoms with Gasteiger partial charge in [0.2, 0.25) is 15.8 Å². The van der Waals surface area contributed by atoms with Crippen LogP contribution in [0.15, 0.2) is 48.3 Å². The van der Waals surface area contributed by atoms with Crippen LogP contribution in [0.2, 0.25) is 5.02 Å². The Labute approximate surface area is 193 Å². The lowest BCUT2D eigenvalue weighted by atomic mass is 10.1. The van der Waals surface area contributed by atoms with Gasteiger partial charge in [-0.25, -0.2) is 18.2 Å². The summed E-state index contributed by atoms with van der Waals surface area (Å²) in [5, 5.41) is 1.81. The molecule has 10 heteroatoms. The van der Waals surface area contributed by atoms with E-state index in [1.54, 1.807) is 41.4 Å². The summed E-state index contributed by atoms with van der Waals surface area (Å²) in [6, 6.07) is 8.77. The van der Waals surface area contributed by atoms with E-state index in [1.165, 1.54) is 16.0 Å². The number of rotatable bonds is 4. The van der Waals surface area contributed by atoms with Crippen molar-refractivity contribution in [2.45, 2.75) is 19.3 Å². The Hall–Kier alpha value is -2.33. The molecule has 8 nitrogen and oxygen atoms in total. The van der Waals surface area contributed by atoms with Gasteiger partial charge in [0.1, 0.15) is 6.33 Å². The highest BCUT2D eigenvalue weighted by molar-refractivity contribution is 7.92.